The van der Waals surface area contributed by atoms with E-state index in [4.69, 9.17) is 0 Å². The molecule has 2 N–H and O–H groups in total. The minimum atomic E-state index is 0.0947. The molecule has 0 aromatic carbocycles. The van der Waals surface area contributed by atoms with Gasteiger partial charge in [-0.25, -0.2) is 0 Å². The number of hydrogen-bond acceptors (Lipinski definition) is 3. The number of carbonyl (C=O) groups excluding carboxylic acids is 1. The Kier molecular flexibility index (Phi) is 5.50. The normalized spacial score (nSPS) is 10.4. The third kappa shape index (κ3) is 5.46. The van der Waals surface area contributed by atoms with Crippen LogP contribution in [0.15, 0.2) is 24.5 Å². The molecule has 0 unspecified atom stereocenters. The predicted molar refractivity (Wildman–Crippen MR) is 63.8 cm³/mol. The summed E-state index contributed by atoms with van der Waals surface area (Å²) in [5.41, 5.74) is 1.18. The molecule has 0 aliphatic carbocycles. The van der Waals surface area contributed by atoms with E-state index in [-0.39, 0.29) is 11.9 Å². The Labute approximate surface area is 96.5 Å². The Bertz CT molecular complexity index is 311. The van der Waals surface area contributed by atoms with Gasteiger partial charge in [-0.1, -0.05) is 0 Å². The summed E-state index contributed by atoms with van der Waals surface area (Å²) < 4.78 is 0. The van der Waals surface area contributed by atoms with Crippen LogP contribution in [0.5, 0.6) is 0 Å². The quantitative estimate of drug-likeness (QED) is 0.707. The summed E-state index contributed by atoms with van der Waals surface area (Å²) in [4.78, 5) is 15.2. The van der Waals surface area contributed by atoms with Crippen LogP contribution in [-0.4, -0.2) is 23.5 Å². The van der Waals surface area contributed by atoms with Crippen LogP contribution >= 0.6 is 0 Å². The average molecular weight is 221 g/mol. The Morgan fingerprint density at radius 1 is 1.38 bits per heavy atom. The van der Waals surface area contributed by atoms with Crippen molar-refractivity contribution in [1.82, 2.24) is 15.6 Å². The van der Waals surface area contributed by atoms with Crippen molar-refractivity contribution < 1.29 is 4.79 Å². The maximum absolute atomic E-state index is 11.3. The number of pyridine rings is 1. The summed E-state index contributed by atoms with van der Waals surface area (Å²) in [6.45, 7) is 5.39. The van der Waals surface area contributed by atoms with Crippen LogP contribution in [0.25, 0.3) is 0 Å². The summed E-state index contributed by atoms with van der Waals surface area (Å²) in [6.07, 6.45) is 4.05. The van der Waals surface area contributed by atoms with Gasteiger partial charge in [0.1, 0.15) is 0 Å². The molecule has 0 saturated heterocycles. The molecule has 0 aliphatic rings. The van der Waals surface area contributed by atoms with Crippen LogP contribution in [0.2, 0.25) is 0 Å². The van der Waals surface area contributed by atoms with Gasteiger partial charge in [-0.2, -0.15) is 0 Å². The van der Waals surface area contributed by atoms with Crippen molar-refractivity contribution in [1.29, 1.82) is 0 Å². The molecule has 16 heavy (non-hydrogen) atoms. The second-order valence-corrected chi connectivity index (χ2v) is 4.00. The molecule has 1 aromatic rings. The van der Waals surface area contributed by atoms with Gasteiger partial charge in [0.2, 0.25) is 5.91 Å². The van der Waals surface area contributed by atoms with E-state index in [1.165, 1.54) is 5.56 Å². The summed E-state index contributed by atoms with van der Waals surface area (Å²) in [6, 6.07) is 4.13. The monoisotopic (exact) mass is 221 g/mol. The van der Waals surface area contributed by atoms with Crippen LogP contribution in [0.1, 0.15) is 25.8 Å². The van der Waals surface area contributed by atoms with Gasteiger partial charge in [0.05, 0.1) is 0 Å². The van der Waals surface area contributed by atoms with Gasteiger partial charge in [0.15, 0.2) is 0 Å². The zero-order chi connectivity index (χ0) is 11.8. The number of nitrogens with one attached hydrogen (secondary N) is 2. The largest absolute Gasteiger partial charge is 0.354 e. The highest BCUT2D eigenvalue weighted by atomic mass is 16.1. The van der Waals surface area contributed by atoms with Crippen molar-refractivity contribution in [3.63, 3.8) is 0 Å². The van der Waals surface area contributed by atoms with Crippen LogP contribution < -0.4 is 10.6 Å². The SMILES string of the molecule is CC(C)NC(=O)CCNCc1ccncc1. The lowest BCUT2D eigenvalue weighted by atomic mass is 10.2. The zero-order valence-corrected chi connectivity index (χ0v) is 9.86. The molecule has 1 aromatic heterocycles. The maximum Gasteiger partial charge on any atom is 0.221 e. The Morgan fingerprint density at radius 3 is 2.69 bits per heavy atom. The molecule has 0 aliphatic heterocycles. The number of nitrogens with zero attached hydrogens (tertiary/aromatic N) is 1. The lowest BCUT2D eigenvalue weighted by Crippen LogP contribution is -2.32. The van der Waals surface area contributed by atoms with Crippen molar-refractivity contribution in [2.24, 2.45) is 0 Å². The molecular formula is C12H19N3O. The summed E-state index contributed by atoms with van der Waals surface area (Å²) in [7, 11) is 0. The summed E-state index contributed by atoms with van der Waals surface area (Å²) in [5.74, 6) is 0.0947. The van der Waals surface area contributed by atoms with Crippen LogP contribution in [-0.2, 0) is 11.3 Å². The Hall–Kier alpha value is -1.42. The first kappa shape index (κ1) is 12.6. The number of amides is 1. The second kappa shape index (κ2) is 6.95. The van der Waals surface area contributed by atoms with E-state index in [1.807, 2.05) is 26.0 Å². The van der Waals surface area contributed by atoms with Crippen molar-refractivity contribution in [3.05, 3.63) is 30.1 Å². The van der Waals surface area contributed by atoms with Gasteiger partial charge in [-0.05, 0) is 31.5 Å². The van der Waals surface area contributed by atoms with Crippen molar-refractivity contribution >= 4 is 5.91 Å². The number of aromatic nitrogens is 1. The lowest BCUT2D eigenvalue weighted by Gasteiger charge is -2.08. The highest BCUT2D eigenvalue weighted by molar-refractivity contribution is 5.76. The molecule has 4 nitrogen and oxygen atoms in total. The van der Waals surface area contributed by atoms with Crippen LogP contribution in [0, 0.1) is 0 Å². The molecule has 0 spiro atoms. The molecule has 0 fully saturated rings. The van der Waals surface area contributed by atoms with E-state index in [1.54, 1.807) is 12.4 Å². The highest BCUT2D eigenvalue weighted by Crippen LogP contribution is 1.94. The fraction of sp³-hybridized carbons (Fsp3) is 0.500. The fourth-order valence-corrected chi connectivity index (χ4v) is 1.33. The van der Waals surface area contributed by atoms with Gasteiger partial charge >= 0.3 is 0 Å². The van der Waals surface area contributed by atoms with Gasteiger partial charge in [-0.15, -0.1) is 0 Å². The van der Waals surface area contributed by atoms with E-state index >= 15 is 0 Å². The van der Waals surface area contributed by atoms with Crippen LogP contribution in [0.3, 0.4) is 0 Å². The van der Waals surface area contributed by atoms with E-state index in [0.717, 1.165) is 6.54 Å². The fourth-order valence-electron chi connectivity index (χ4n) is 1.33. The first-order valence-electron chi connectivity index (χ1n) is 5.57. The minimum absolute atomic E-state index is 0.0947. The zero-order valence-electron chi connectivity index (χ0n) is 9.86. The predicted octanol–water partition coefficient (Wildman–Crippen LogP) is 1.09. The molecule has 1 heterocycles. The van der Waals surface area contributed by atoms with Gasteiger partial charge in [0, 0.05) is 37.9 Å². The lowest BCUT2D eigenvalue weighted by molar-refractivity contribution is -0.121. The van der Waals surface area contributed by atoms with E-state index < -0.39 is 0 Å². The van der Waals surface area contributed by atoms with Crippen molar-refractivity contribution in [2.45, 2.75) is 32.9 Å². The standard InChI is InChI=1S/C12H19N3O/c1-10(2)15-12(16)5-8-14-9-11-3-6-13-7-4-11/h3-4,6-7,10,14H,5,8-9H2,1-2H3,(H,15,16). The molecule has 1 amide bonds. The van der Waals surface area contributed by atoms with Crippen molar-refractivity contribution in [3.8, 4) is 0 Å². The number of carbonyl (C=O) groups is 1. The van der Waals surface area contributed by atoms with Crippen LogP contribution in [0.4, 0.5) is 0 Å². The summed E-state index contributed by atoms with van der Waals surface area (Å²) in [5, 5.41) is 6.07. The van der Waals surface area contributed by atoms with E-state index in [0.29, 0.717) is 13.0 Å². The molecular weight excluding hydrogens is 202 g/mol. The summed E-state index contributed by atoms with van der Waals surface area (Å²) >= 11 is 0. The third-order valence-electron chi connectivity index (χ3n) is 2.06. The molecule has 1 rings (SSSR count). The number of hydrogen-bond donors (Lipinski definition) is 2. The second-order valence-electron chi connectivity index (χ2n) is 4.00. The molecule has 0 atom stereocenters. The molecule has 0 saturated carbocycles. The molecule has 4 heteroatoms. The highest BCUT2D eigenvalue weighted by Gasteiger charge is 2.01. The molecule has 0 bridgehead atoms. The maximum atomic E-state index is 11.3. The first-order chi connectivity index (χ1) is 7.68. The Balaban J connectivity index is 2.10. The van der Waals surface area contributed by atoms with E-state index in [2.05, 4.69) is 15.6 Å². The Morgan fingerprint density at radius 2 is 2.06 bits per heavy atom. The smallest absolute Gasteiger partial charge is 0.221 e. The third-order valence-corrected chi connectivity index (χ3v) is 2.06. The first-order valence-corrected chi connectivity index (χ1v) is 5.57. The number of rotatable bonds is 6. The van der Waals surface area contributed by atoms with Gasteiger partial charge in [0.25, 0.3) is 0 Å². The minimum Gasteiger partial charge on any atom is -0.354 e. The molecule has 0 radical (unpaired) electrons. The van der Waals surface area contributed by atoms with Gasteiger partial charge < -0.3 is 10.6 Å². The van der Waals surface area contributed by atoms with Crippen molar-refractivity contribution in [2.75, 3.05) is 6.54 Å². The van der Waals surface area contributed by atoms with Gasteiger partial charge in [-0.3, -0.25) is 9.78 Å². The topological polar surface area (TPSA) is 54.0 Å². The average Bonchev–Trinajstić information content (AvgIpc) is 2.25. The molecule has 88 valence electrons. The van der Waals surface area contributed by atoms with E-state index in [9.17, 15) is 4.79 Å².